The van der Waals surface area contributed by atoms with E-state index in [0.29, 0.717) is 30.3 Å². The maximum Gasteiger partial charge on any atom is 0.345 e. The van der Waals surface area contributed by atoms with Gasteiger partial charge in [0, 0.05) is 19.0 Å². The molecule has 1 fully saturated rings. The molecule has 0 radical (unpaired) electrons. The van der Waals surface area contributed by atoms with Crippen LogP contribution < -0.4 is 10.6 Å². The number of carboxylic acids is 1. The minimum absolute atomic E-state index is 0.0195. The Morgan fingerprint density at radius 2 is 1.95 bits per heavy atom. The predicted molar refractivity (Wildman–Crippen MR) is 74.0 cm³/mol. The molecule has 6 nitrogen and oxygen atoms in total. The molecule has 1 aliphatic rings. The van der Waals surface area contributed by atoms with E-state index >= 15 is 0 Å². The molecule has 2 amide bonds. The minimum atomic E-state index is -1.04. The van der Waals surface area contributed by atoms with Gasteiger partial charge in [-0.05, 0) is 31.4 Å². The van der Waals surface area contributed by atoms with Gasteiger partial charge < -0.3 is 15.7 Å². The van der Waals surface area contributed by atoms with Crippen molar-refractivity contribution in [2.75, 3.05) is 6.54 Å². The summed E-state index contributed by atoms with van der Waals surface area (Å²) in [6, 6.07) is 3.26. The van der Waals surface area contributed by atoms with Crippen LogP contribution in [0.25, 0.3) is 0 Å². The summed E-state index contributed by atoms with van der Waals surface area (Å²) in [6.07, 6.45) is 3.09. The van der Waals surface area contributed by atoms with Crippen molar-refractivity contribution in [1.82, 2.24) is 10.6 Å². The lowest BCUT2D eigenvalue weighted by Crippen LogP contribution is -2.28. The van der Waals surface area contributed by atoms with E-state index in [1.54, 1.807) is 0 Å². The first kappa shape index (κ1) is 14.5. The highest BCUT2D eigenvalue weighted by atomic mass is 32.1. The zero-order valence-corrected chi connectivity index (χ0v) is 11.7. The SMILES string of the molecule is O=C(CCCNC(=O)c1ccc(C(=O)O)s1)NC1CC1. The molecule has 0 atom stereocenters. The van der Waals surface area contributed by atoms with Gasteiger partial charge in [-0.3, -0.25) is 9.59 Å². The molecule has 0 bridgehead atoms. The van der Waals surface area contributed by atoms with Gasteiger partial charge in [0.25, 0.3) is 5.91 Å². The van der Waals surface area contributed by atoms with Crippen molar-refractivity contribution in [2.45, 2.75) is 31.7 Å². The summed E-state index contributed by atoms with van der Waals surface area (Å²) in [6.45, 7) is 0.400. The Morgan fingerprint density at radius 3 is 2.55 bits per heavy atom. The largest absolute Gasteiger partial charge is 0.477 e. The van der Waals surface area contributed by atoms with Crippen LogP contribution in [0.3, 0.4) is 0 Å². The highest BCUT2D eigenvalue weighted by molar-refractivity contribution is 7.15. The number of carbonyl (C=O) groups is 3. The van der Waals surface area contributed by atoms with Gasteiger partial charge >= 0.3 is 5.97 Å². The molecule has 0 saturated heterocycles. The van der Waals surface area contributed by atoms with Crippen molar-refractivity contribution in [2.24, 2.45) is 0 Å². The van der Waals surface area contributed by atoms with Gasteiger partial charge in [-0.15, -0.1) is 11.3 Å². The maximum absolute atomic E-state index is 11.7. The Kier molecular flexibility index (Phi) is 4.73. The second-order valence-electron chi connectivity index (χ2n) is 4.67. The number of carbonyl (C=O) groups excluding carboxylic acids is 2. The van der Waals surface area contributed by atoms with Gasteiger partial charge in [0.1, 0.15) is 4.88 Å². The van der Waals surface area contributed by atoms with E-state index in [1.165, 1.54) is 12.1 Å². The van der Waals surface area contributed by atoms with Gasteiger partial charge in [0.15, 0.2) is 0 Å². The van der Waals surface area contributed by atoms with Crippen LogP contribution in [0.4, 0.5) is 0 Å². The Morgan fingerprint density at radius 1 is 1.25 bits per heavy atom. The van der Waals surface area contributed by atoms with Gasteiger partial charge in [-0.25, -0.2) is 4.79 Å². The molecule has 1 aromatic rings. The molecule has 3 N–H and O–H groups in total. The summed E-state index contributed by atoms with van der Waals surface area (Å²) in [5, 5.41) is 14.3. The molecule has 0 aromatic carbocycles. The number of hydrogen-bond donors (Lipinski definition) is 3. The molecular formula is C13H16N2O4S. The number of carboxylic acid groups (broad SMARTS) is 1. The molecule has 1 aromatic heterocycles. The van der Waals surface area contributed by atoms with E-state index < -0.39 is 5.97 Å². The average Bonchev–Trinajstić information content (AvgIpc) is 3.07. The van der Waals surface area contributed by atoms with Crippen molar-refractivity contribution < 1.29 is 19.5 Å². The fraction of sp³-hybridized carbons (Fsp3) is 0.462. The van der Waals surface area contributed by atoms with Crippen molar-refractivity contribution in [3.63, 3.8) is 0 Å². The highest BCUT2D eigenvalue weighted by Gasteiger charge is 2.22. The van der Waals surface area contributed by atoms with Crippen LogP contribution in [0.1, 0.15) is 45.0 Å². The van der Waals surface area contributed by atoms with Crippen LogP contribution in [0.2, 0.25) is 0 Å². The first-order chi connectivity index (χ1) is 9.56. The van der Waals surface area contributed by atoms with Crippen molar-refractivity contribution >= 4 is 29.1 Å². The summed E-state index contributed by atoms with van der Waals surface area (Å²) in [4.78, 5) is 34.3. The smallest absolute Gasteiger partial charge is 0.345 e. The van der Waals surface area contributed by atoms with Crippen LogP contribution in [-0.2, 0) is 4.79 Å². The van der Waals surface area contributed by atoms with E-state index in [2.05, 4.69) is 10.6 Å². The monoisotopic (exact) mass is 296 g/mol. The highest BCUT2D eigenvalue weighted by Crippen LogP contribution is 2.18. The van der Waals surface area contributed by atoms with Crippen molar-refractivity contribution in [3.8, 4) is 0 Å². The first-order valence-electron chi connectivity index (χ1n) is 6.47. The summed E-state index contributed by atoms with van der Waals surface area (Å²) < 4.78 is 0. The number of nitrogens with one attached hydrogen (secondary N) is 2. The van der Waals surface area contributed by atoms with Crippen molar-refractivity contribution in [1.29, 1.82) is 0 Å². The summed E-state index contributed by atoms with van der Waals surface area (Å²) in [5.41, 5.74) is 0. The zero-order chi connectivity index (χ0) is 14.5. The second-order valence-corrected chi connectivity index (χ2v) is 5.75. The number of rotatable bonds is 7. The van der Waals surface area contributed by atoms with Crippen LogP contribution in [0.5, 0.6) is 0 Å². The number of amides is 2. The molecule has 20 heavy (non-hydrogen) atoms. The zero-order valence-electron chi connectivity index (χ0n) is 10.8. The van der Waals surface area contributed by atoms with Gasteiger partial charge in [-0.2, -0.15) is 0 Å². The summed E-state index contributed by atoms with van der Waals surface area (Å²) in [5.74, 6) is -1.32. The Bertz CT molecular complexity index is 522. The average molecular weight is 296 g/mol. The van der Waals surface area contributed by atoms with Gasteiger partial charge in [-0.1, -0.05) is 0 Å². The Balaban J connectivity index is 1.66. The quantitative estimate of drug-likeness (QED) is 0.660. The molecule has 0 unspecified atom stereocenters. The van der Waals surface area contributed by atoms with Gasteiger partial charge in [0.05, 0.1) is 4.88 Å². The predicted octanol–water partition coefficient (Wildman–Crippen LogP) is 1.23. The topological polar surface area (TPSA) is 95.5 Å². The fourth-order valence-electron chi connectivity index (χ4n) is 1.64. The van der Waals surface area contributed by atoms with E-state index in [1.807, 2.05) is 0 Å². The van der Waals surface area contributed by atoms with E-state index in [-0.39, 0.29) is 16.7 Å². The lowest BCUT2D eigenvalue weighted by Gasteiger charge is -2.04. The minimum Gasteiger partial charge on any atom is -0.477 e. The van der Waals surface area contributed by atoms with E-state index in [4.69, 9.17) is 5.11 Å². The fourth-order valence-corrected chi connectivity index (χ4v) is 2.40. The van der Waals surface area contributed by atoms with Crippen LogP contribution in [-0.4, -0.2) is 35.5 Å². The normalized spacial score (nSPS) is 13.8. The Hall–Kier alpha value is -1.89. The molecule has 2 rings (SSSR count). The van der Waals surface area contributed by atoms with Crippen molar-refractivity contribution in [3.05, 3.63) is 21.9 Å². The lowest BCUT2D eigenvalue weighted by atomic mass is 10.3. The lowest BCUT2D eigenvalue weighted by molar-refractivity contribution is -0.121. The molecule has 0 spiro atoms. The molecule has 1 heterocycles. The standard InChI is InChI=1S/C13H16N2O4S/c16-11(15-8-3-4-8)2-1-7-14-12(17)9-5-6-10(20-9)13(18)19/h5-6,8H,1-4,7H2,(H,14,17)(H,15,16)(H,18,19). The third-order valence-electron chi connectivity index (χ3n) is 2.85. The summed E-state index contributed by atoms with van der Waals surface area (Å²) in [7, 11) is 0. The van der Waals surface area contributed by atoms with Crippen LogP contribution in [0.15, 0.2) is 12.1 Å². The molecule has 1 aliphatic carbocycles. The number of aromatic carboxylic acids is 1. The van der Waals surface area contributed by atoms with E-state index in [9.17, 15) is 14.4 Å². The summed E-state index contributed by atoms with van der Waals surface area (Å²) >= 11 is 0.939. The third-order valence-corrected chi connectivity index (χ3v) is 3.92. The van der Waals surface area contributed by atoms with Crippen LogP contribution in [0, 0.1) is 0 Å². The Labute approximate surface area is 120 Å². The molecule has 7 heteroatoms. The van der Waals surface area contributed by atoms with Gasteiger partial charge in [0.2, 0.25) is 5.91 Å². The maximum atomic E-state index is 11.7. The second kappa shape index (κ2) is 6.51. The molecule has 108 valence electrons. The van der Waals surface area contributed by atoms with E-state index in [0.717, 1.165) is 24.2 Å². The van der Waals surface area contributed by atoms with Crippen LogP contribution >= 0.6 is 11.3 Å². The molecule has 0 aliphatic heterocycles. The molecular weight excluding hydrogens is 280 g/mol. The third kappa shape index (κ3) is 4.34. The molecule has 1 saturated carbocycles. The number of thiophene rings is 1. The number of hydrogen-bond acceptors (Lipinski definition) is 4. The first-order valence-corrected chi connectivity index (χ1v) is 7.28.